The van der Waals surface area contributed by atoms with Crippen molar-refractivity contribution in [2.75, 3.05) is 0 Å². The second-order valence-electron chi connectivity index (χ2n) is 2.76. The van der Waals surface area contributed by atoms with Crippen molar-refractivity contribution in [1.82, 2.24) is 0 Å². The van der Waals surface area contributed by atoms with Gasteiger partial charge in [-0.15, -0.1) is 0 Å². The summed E-state index contributed by atoms with van der Waals surface area (Å²) in [7, 11) is 0. The molecule has 0 aliphatic carbocycles. The number of halogens is 2. The van der Waals surface area contributed by atoms with Crippen LogP contribution in [0.3, 0.4) is 0 Å². The Kier molecular flexibility index (Phi) is 5.55. The molecule has 2 atom stereocenters. The van der Waals surface area contributed by atoms with Crippen molar-refractivity contribution >= 4 is 0 Å². The summed E-state index contributed by atoms with van der Waals surface area (Å²) in [6, 6.07) is 0. The molecule has 62 valence electrons. The van der Waals surface area contributed by atoms with E-state index in [9.17, 15) is 8.78 Å². The highest BCUT2D eigenvalue weighted by Crippen LogP contribution is 2.11. The molecule has 0 aliphatic heterocycles. The first-order chi connectivity index (χ1) is 4.66. The van der Waals surface area contributed by atoms with Gasteiger partial charge < -0.3 is 0 Å². The highest BCUT2D eigenvalue weighted by atomic mass is 19.1. The van der Waals surface area contributed by atoms with E-state index in [0.29, 0.717) is 6.42 Å². The third kappa shape index (κ3) is 5.99. The Hall–Kier alpha value is -0.140. The molecule has 0 aromatic rings. The van der Waals surface area contributed by atoms with Crippen LogP contribution in [0.4, 0.5) is 8.78 Å². The first kappa shape index (κ1) is 9.86. The molecule has 0 aromatic carbocycles. The lowest BCUT2D eigenvalue weighted by atomic mass is 10.1. The minimum Gasteiger partial charge on any atom is -0.248 e. The third-order valence-electron chi connectivity index (χ3n) is 1.45. The molecule has 0 saturated carbocycles. The molecule has 0 radical (unpaired) electrons. The minimum absolute atomic E-state index is 0.0694. The summed E-state index contributed by atoms with van der Waals surface area (Å²) < 4.78 is 24.7. The van der Waals surface area contributed by atoms with E-state index >= 15 is 0 Å². The summed E-state index contributed by atoms with van der Waals surface area (Å²) in [5.41, 5.74) is 0. The van der Waals surface area contributed by atoms with Crippen LogP contribution in [0.5, 0.6) is 0 Å². The van der Waals surface area contributed by atoms with Gasteiger partial charge in [-0.1, -0.05) is 19.8 Å². The van der Waals surface area contributed by atoms with Crippen molar-refractivity contribution in [2.45, 2.75) is 51.9 Å². The van der Waals surface area contributed by atoms with Gasteiger partial charge in [0.25, 0.3) is 0 Å². The topological polar surface area (TPSA) is 0 Å². The number of alkyl halides is 2. The van der Waals surface area contributed by atoms with Crippen LogP contribution < -0.4 is 0 Å². The zero-order valence-electron chi connectivity index (χ0n) is 6.74. The van der Waals surface area contributed by atoms with Crippen LogP contribution >= 0.6 is 0 Å². The number of unbranched alkanes of at least 4 members (excludes halogenated alkanes) is 1. The Morgan fingerprint density at radius 3 is 2.30 bits per heavy atom. The number of hydrogen-bond donors (Lipinski definition) is 0. The van der Waals surface area contributed by atoms with Crippen molar-refractivity contribution < 1.29 is 8.78 Å². The van der Waals surface area contributed by atoms with Crippen LogP contribution in [0, 0.1) is 0 Å². The summed E-state index contributed by atoms with van der Waals surface area (Å²) in [6.45, 7) is 3.41. The molecule has 0 N–H and O–H groups in total. The molecule has 0 aromatic heterocycles. The summed E-state index contributed by atoms with van der Waals surface area (Å²) in [5, 5.41) is 0. The average Bonchev–Trinajstić information content (AvgIpc) is 1.82. The average molecular weight is 150 g/mol. The van der Waals surface area contributed by atoms with Gasteiger partial charge in [0.05, 0.1) is 0 Å². The van der Waals surface area contributed by atoms with E-state index in [-0.39, 0.29) is 6.42 Å². The van der Waals surface area contributed by atoms with E-state index in [0.717, 1.165) is 12.8 Å². The van der Waals surface area contributed by atoms with E-state index < -0.39 is 12.3 Å². The van der Waals surface area contributed by atoms with Gasteiger partial charge in [0.2, 0.25) is 0 Å². The molecule has 0 rings (SSSR count). The summed E-state index contributed by atoms with van der Waals surface area (Å²) in [5.74, 6) is 0. The van der Waals surface area contributed by atoms with Crippen molar-refractivity contribution in [2.24, 2.45) is 0 Å². The molecule has 0 bridgehead atoms. The monoisotopic (exact) mass is 150 g/mol. The highest BCUT2D eigenvalue weighted by Gasteiger charge is 2.09. The smallest absolute Gasteiger partial charge is 0.103 e. The lowest BCUT2D eigenvalue weighted by molar-refractivity contribution is 0.218. The normalized spacial score (nSPS) is 16.8. The van der Waals surface area contributed by atoms with E-state index in [1.165, 1.54) is 6.92 Å². The fraction of sp³-hybridized carbons (Fsp3) is 1.00. The van der Waals surface area contributed by atoms with Crippen LogP contribution in [-0.4, -0.2) is 12.3 Å². The second-order valence-corrected chi connectivity index (χ2v) is 2.76. The Morgan fingerprint density at radius 2 is 1.90 bits per heavy atom. The summed E-state index contributed by atoms with van der Waals surface area (Å²) in [6.07, 6.45) is 0.520. The van der Waals surface area contributed by atoms with Gasteiger partial charge >= 0.3 is 0 Å². The Balaban J connectivity index is 3.16. The quantitative estimate of drug-likeness (QED) is 0.564. The first-order valence-electron chi connectivity index (χ1n) is 3.95. The maximum atomic E-state index is 12.6. The van der Waals surface area contributed by atoms with Crippen LogP contribution in [0.2, 0.25) is 0 Å². The van der Waals surface area contributed by atoms with Crippen LogP contribution in [0.1, 0.15) is 39.5 Å². The fourth-order valence-electron chi connectivity index (χ4n) is 0.896. The SMILES string of the molecule is CCCCC(F)CC(C)F. The molecule has 0 aliphatic rings. The largest absolute Gasteiger partial charge is 0.248 e. The maximum Gasteiger partial charge on any atom is 0.103 e. The lowest BCUT2D eigenvalue weighted by Crippen LogP contribution is -2.06. The van der Waals surface area contributed by atoms with E-state index in [1.807, 2.05) is 6.92 Å². The van der Waals surface area contributed by atoms with E-state index in [1.54, 1.807) is 0 Å². The van der Waals surface area contributed by atoms with Crippen LogP contribution in [0.15, 0.2) is 0 Å². The Labute approximate surface area is 61.6 Å². The van der Waals surface area contributed by atoms with Gasteiger partial charge in [0.1, 0.15) is 12.3 Å². The molecule has 0 heterocycles. The molecular formula is C8H16F2. The minimum atomic E-state index is -0.994. The van der Waals surface area contributed by atoms with Gasteiger partial charge in [0.15, 0.2) is 0 Å². The van der Waals surface area contributed by atoms with Crippen LogP contribution in [0.25, 0.3) is 0 Å². The zero-order valence-corrected chi connectivity index (χ0v) is 6.74. The summed E-state index contributed by atoms with van der Waals surface area (Å²) >= 11 is 0. The zero-order chi connectivity index (χ0) is 7.98. The van der Waals surface area contributed by atoms with E-state index in [2.05, 4.69) is 0 Å². The van der Waals surface area contributed by atoms with Gasteiger partial charge in [-0.25, -0.2) is 8.78 Å². The molecule has 0 spiro atoms. The lowest BCUT2D eigenvalue weighted by Gasteiger charge is -2.06. The number of hydrogen-bond acceptors (Lipinski definition) is 0. The van der Waals surface area contributed by atoms with Crippen LogP contribution in [-0.2, 0) is 0 Å². The second kappa shape index (κ2) is 5.63. The highest BCUT2D eigenvalue weighted by molar-refractivity contribution is 4.59. The molecular weight excluding hydrogens is 134 g/mol. The van der Waals surface area contributed by atoms with E-state index in [4.69, 9.17) is 0 Å². The van der Waals surface area contributed by atoms with Crippen molar-refractivity contribution in [3.63, 3.8) is 0 Å². The molecule has 0 amide bonds. The predicted octanol–water partition coefficient (Wildman–Crippen LogP) is 3.26. The molecule has 0 saturated heterocycles. The van der Waals surface area contributed by atoms with Crippen molar-refractivity contribution in [1.29, 1.82) is 0 Å². The fourth-order valence-corrected chi connectivity index (χ4v) is 0.896. The van der Waals surface area contributed by atoms with Gasteiger partial charge in [-0.05, 0) is 13.3 Å². The molecule has 0 nitrogen and oxygen atoms in total. The summed E-state index contributed by atoms with van der Waals surface area (Å²) in [4.78, 5) is 0. The van der Waals surface area contributed by atoms with Crippen molar-refractivity contribution in [3.8, 4) is 0 Å². The molecule has 0 fully saturated rings. The number of rotatable bonds is 5. The van der Waals surface area contributed by atoms with Gasteiger partial charge in [-0.3, -0.25) is 0 Å². The standard InChI is InChI=1S/C8H16F2/c1-3-4-5-8(10)6-7(2)9/h7-8H,3-6H2,1-2H3. The molecule has 2 unspecified atom stereocenters. The molecule has 2 heteroatoms. The van der Waals surface area contributed by atoms with Gasteiger partial charge in [-0.2, -0.15) is 0 Å². The molecule has 10 heavy (non-hydrogen) atoms. The maximum absolute atomic E-state index is 12.6. The Morgan fingerprint density at radius 1 is 1.30 bits per heavy atom. The third-order valence-corrected chi connectivity index (χ3v) is 1.45. The predicted molar refractivity (Wildman–Crippen MR) is 39.6 cm³/mol. The first-order valence-corrected chi connectivity index (χ1v) is 3.95. The van der Waals surface area contributed by atoms with Gasteiger partial charge in [0, 0.05) is 6.42 Å². The Bertz CT molecular complexity index is 71.7. The van der Waals surface area contributed by atoms with Crippen molar-refractivity contribution in [3.05, 3.63) is 0 Å².